The van der Waals surface area contributed by atoms with E-state index in [1.54, 1.807) is 13.0 Å². The van der Waals surface area contributed by atoms with E-state index < -0.39 is 11.7 Å². The highest BCUT2D eigenvalue weighted by Crippen LogP contribution is 2.20. The number of halogens is 1. The number of anilines is 1. The van der Waals surface area contributed by atoms with Gasteiger partial charge in [0.25, 0.3) is 5.91 Å². The van der Waals surface area contributed by atoms with Crippen LogP contribution in [0.4, 0.5) is 9.52 Å². The molecule has 0 fully saturated rings. The summed E-state index contributed by atoms with van der Waals surface area (Å²) in [6.07, 6.45) is 0. The topological polar surface area (TPSA) is 83.6 Å². The molecule has 0 aliphatic rings. The summed E-state index contributed by atoms with van der Waals surface area (Å²) in [5.74, 6) is -0.899. The number of rotatable bonds is 2. The number of amides is 1. The lowest BCUT2D eigenvalue weighted by Crippen LogP contribution is -2.12. The molecule has 96 valence electrons. The van der Waals surface area contributed by atoms with Crippen molar-refractivity contribution in [3.05, 3.63) is 34.7 Å². The van der Waals surface area contributed by atoms with Crippen molar-refractivity contribution >= 4 is 33.3 Å². The Kier molecular flexibility index (Phi) is 2.71. The van der Waals surface area contributed by atoms with E-state index in [0.29, 0.717) is 10.5 Å². The van der Waals surface area contributed by atoms with Crippen LogP contribution in [0.25, 0.3) is 10.9 Å². The molecule has 1 aromatic carbocycles. The van der Waals surface area contributed by atoms with Crippen LogP contribution in [0, 0.1) is 12.7 Å². The van der Waals surface area contributed by atoms with Crippen LogP contribution in [-0.4, -0.2) is 26.3 Å². The monoisotopic (exact) mass is 277 g/mol. The first-order valence-electron chi connectivity index (χ1n) is 5.39. The SMILES string of the molecule is Cc1nnc(NC(=O)c2[nH]nc3c(F)cccc23)s1. The number of fused-ring (bicyclic) bond motifs is 1. The largest absolute Gasteiger partial charge is 0.295 e. The van der Waals surface area contributed by atoms with E-state index >= 15 is 0 Å². The number of carbonyl (C=O) groups is 1. The second kappa shape index (κ2) is 4.39. The van der Waals surface area contributed by atoms with E-state index in [1.807, 2.05) is 0 Å². The lowest BCUT2D eigenvalue weighted by atomic mass is 10.2. The Morgan fingerprint density at radius 1 is 1.42 bits per heavy atom. The number of nitrogens with zero attached hydrogens (tertiary/aromatic N) is 3. The number of para-hydroxylation sites is 1. The predicted octanol–water partition coefficient (Wildman–Crippen LogP) is 2.11. The highest BCUT2D eigenvalue weighted by Gasteiger charge is 2.16. The zero-order valence-corrected chi connectivity index (χ0v) is 10.6. The molecule has 8 heteroatoms. The predicted molar refractivity (Wildman–Crippen MR) is 68.7 cm³/mol. The fourth-order valence-electron chi connectivity index (χ4n) is 1.68. The maximum Gasteiger partial charge on any atom is 0.276 e. The average Bonchev–Trinajstić information content (AvgIpc) is 2.96. The third kappa shape index (κ3) is 2.06. The van der Waals surface area contributed by atoms with Crippen molar-refractivity contribution in [2.75, 3.05) is 5.32 Å². The van der Waals surface area contributed by atoms with Gasteiger partial charge in [-0.15, -0.1) is 10.2 Å². The van der Waals surface area contributed by atoms with Gasteiger partial charge in [-0.2, -0.15) is 5.10 Å². The summed E-state index contributed by atoms with van der Waals surface area (Å²) < 4.78 is 13.5. The maximum atomic E-state index is 13.5. The van der Waals surface area contributed by atoms with Crippen LogP contribution in [0.1, 0.15) is 15.5 Å². The van der Waals surface area contributed by atoms with E-state index in [1.165, 1.54) is 23.5 Å². The number of hydrogen-bond acceptors (Lipinski definition) is 5. The van der Waals surface area contributed by atoms with Crippen LogP contribution in [0.5, 0.6) is 0 Å². The molecule has 1 amide bonds. The second-order valence-electron chi connectivity index (χ2n) is 3.81. The fourth-order valence-corrected chi connectivity index (χ4v) is 2.27. The molecule has 0 atom stereocenters. The van der Waals surface area contributed by atoms with Gasteiger partial charge < -0.3 is 0 Å². The average molecular weight is 277 g/mol. The van der Waals surface area contributed by atoms with Crippen LogP contribution in [0.2, 0.25) is 0 Å². The Balaban J connectivity index is 1.96. The normalized spacial score (nSPS) is 10.8. The molecular formula is C11H8FN5OS. The number of nitrogens with one attached hydrogen (secondary N) is 2. The number of hydrogen-bond donors (Lipinski definition) is 2. The van der Waals surface area contributed by atoms with Gasteiger partial charge in [-0.25, -0.2) is 4.39 Å². The number of aromatic amines is 1. The molecule has 3 rings (SSSR count). The molecule has 2 heterocycles. The Labute approximate surface area is 110 Å². The zero-order valence-electron chi connectivity index (χ0n) is 9.77. The van der Waals surface area contributed by atoms with E-state index in [9.17, 15) is 9.18 Å². The summed E-state index contributed by atoms with van der Waals surface area (Å²) in [6, 6.07) is 4.44. The molecule has 0 aliphatic carbocycles. The fraction of sp³-hybridized carbons (Fsp3) is 0.0909. The van der Waals surface area contributed by atoms with Crippen LogP contribution in [0.15, 0.2) is 18.2 Å². The number of aryl methyl sites for hydroxylation is 1. The smallest absolute Gasteiger partial charge is 0.276 e. The standard InChI is InChI=1S/C11H8FN5OS/c1-5-14-17-11(19-5)13-10(18)9-6-3-2-4-7(12)8(6)15-16-9/h2-4H,1H3,(H,15,16)(H,13,17,18). The highest BCUT2D eigenvalue weighted by atomic mass is 32.1. The molecule has 0 radical (unpaired) electrons. The number of carbonyl (C=O) groups excluding carboxylic acids is 1. The molecule has 2 aromatic heterocycles. The van der Waals surface area contributed by atoms with Crippen molar-refractivity contribution < 1.29 is 9.18 Å². The molecule has 0 saturated carbocycles. The van der Waals surface area contributed by atoms with Gasteiger partial charge in [-0.3, -0.25) is 15.2 Å². The van der Waals surface area contributed by atoms with Gasteiger partial charge in [0.1, 0.15) is 16.2 Å². The molecule has 0 aliphatic heterocycles. The second-order valence-corrected chi connectivity index (χ2v) is 5.00. The Morgan fingerprint density at radius 2 is 2.26 bits per heavy atom. The maximum absolute atomic E-state index is 13.5. The number of benzene rings is 1. The van der Waals surface area contributed by atoms with Gasteiger partial charge in [0.05, 0.1) is 0 Å². The first-order chi connectivity index (χ1) is 9.15. The summed E-state index contributed by atoms with van der Waals surface area (Å²) in [5, 5.41) is 18.1. The molecule has 3 aromatic rings. The minimum Gasteiger partial charge on any atom is -0.295 e. The van der Waals surface area contributed by atoms with Crippen LogP contribution in [0.3, 0.4) is 0 Å². The zero-order chi connectivity index (χ0) is 13.4. The van der Waals surface area contributed by atoms with E-state index in [2.05, 4.69) is 25.7 Å². The first-order valence-corrected chi connectivity index (χ1v) is 6.21. The molecule has 19 heavy (non-hydrogen) atoms. The van der Waals surface area contributed by atoms with Crippen LogP contribution >= 0.6 is 11.3 Å². The first kappa shape index (κ1) is 11.7. The molecule has 2 N–H and O–H groups in total. The molecule has 6 nitrogen and oxygen atoms in total. The lowest BCUT2D eigenvalue weighted by Gasteiger charge is -1.98. The van der Waals surface area contributed by atoms with Gasteiger partial charge in [-0.05, 0) is 13.0 Å². The van der Waals surface area contributed by atoms with Crippen molar-refractivity contribution in [3.63, 3.8) is 0 Å². The van der Waals surface area contributed by atoms with Crippen molar-refractivity contribution in [2.45, 2.75) is 6.92 Å². The minimum absolute atomic E-state index is 0.140. The Morgan fingerprint density at radius 3 is 3.00 bits per heavy atom. The summed E-state index contributed by atoms with van der Waals surface area (Å²) in [4.78, 5) is 12.0. The van der Waals surface area contributed by atoms with Crippen LogP contribution in [-0.2, 0) is 0 Å². The Hall–Kier alpha value is -2.35. The number of aromatic nitrogens is 4. The third-order valence-electron chi connectivity index (χ3n) is 2.51. The van der Waals surface area contributed by atoms with Gasteiger partial charge in [0, 0.05) is 5.39 Å². The van der Waals surface area contributed by atoms with Gasteiger partial charge in [0.15, 0.2) is 5.82 Å². The van der Waals surface area contributed by atoms with Crippen molar-refractivity contribution in [3.8, 4) is 0 Å². The molecule has 0 saturated heterocycles. The Bertz CT molecular complexity index is 765. The molecule has 0 spiro atoms. The molecule has 0 unspecified atom stereocenters. The van der Waals surface area contributed by atoms with Gasteiger partial charge in [-0.1, -0.05) is 23.5 Å². The van der Waals surface area contributed by atoms with E-state index in [-0.39, 0.29) is 11.2 Å². The van der Waals surface area contributed by atoms with E-state index in [4.69, 9.17) is 0 Å². The minimum atomic E-state index is -0.473. The van der Waals surface area contributed by atoms with Crippen molar-refractivity contribution in [1.29, 1.82) is 0 Å². The summed E-state index contributed by atoms with van der Waals surface area (Å²) in [7, 11) is 0. The lowest BCUT2D eigenvalue weighted by molar-refractivity contribution is 0.102. The van der Waals surface area contributed by atoms with E-state index in [0.717, 1.165) is 5.01 Å². The van der Waals surface area contributed by atoms with Crippen molar-refractivity contribution in [2.24, 2.45) is 0 Å². The van der Waals surface area contributed by atoms with Crippen molar-refractivity contribution in [1.82, 2.24) is 20.4 Å². The van der Waals surface area contributed by atoms with Gasteiger partial charge >= 0.3 is 0 Å². The third-order valence-corrected chi connectivity index (χ3v) is 3.26. The summed E-state index contributed by atoms with van der Waals surface area (Å²) in [5.41, 5.74) is 0.337. The number of H-pyrrole nitrogens is 1. The quantitative estimate of drug-likeness (QED) is 0.751. The summed E-state index contributed by atoms with van der Waals surface area (Å²) >= 11 is 1.26. The molecule has 0 bridgehead atoms. The van der Waals surface area contributed by atoms with Gasteiger partial charge in [0.2, 0.25) is 5.13 Å². The molecular weight excluding hydrogens is 269 g/mol. The summed E-state index contributed by atoms with van der Waals surface area (Å²) in [6.45, 7) is 1.79. The highest BCUT2D eigenvalue weighted by molar-refractivity contribution is 7.15. The van der Waals surface area contributed by atoms with Crippen LogP contribution < -0.4 is 5.32 Å².